The summed E-state index contributed by atoms with van der Waals surface area (Å²) in [6.07, 6.45) is 3.32. The summed E-state index contributed by atoms with van der Waals surface area (Å²) in [5.74, 6) is 0.952. The van der Waals surface area contributed by atoms with E-state index in [1.807, 2.05) is 28.0 Å². The van der Waals surface area contributed by atoms with E-state index in [0.717, 1.165) is 36.8 Å². The molecule has 0 spiro atoms. The fraction of sp³-hybridized carbons (Fsp3) is 0.385. The van der Waals surface area contributed by atoms with Crippen molar-refractivity contribution in [3.05, 3.63) is 68.8 Å². The fourth-order valence-electron chi connectivity index (χ4n) is 4.86. The number of nitro benzene ring substituents is 1. The lowest BCUT2D eigenvalue weighted by Crippen LogP contribution is -2.54. The fourth-order valence-corrected chi connectivity index (χ4v) is 5.83. The molecular formula is C26H29N7O5S. The Balaban J connectivity index is 1.13. The van der Waals surface area contributed by atoms with E-state index in [1.165, 1.54) is 36.6 Å². The first-order chi connectivity index (χ1) is 18.9. The minimum atomic E-state index is -0.532. The lowest BCUT2D eigenvalue weighted by atomic mass is 9.98. The predicted molar refractivity (Wildman–Crippen MR) is 147 cm³/mol. The molecule has 0 radical (unpaired) electrons. The number of amides is 3. The van der Waals surface area contributed by atoms with Crippen LogP contribution in [0.3, 0.4) is 0 Å². The number of piperazine rings is 1. The highest BCUT2D eigenvalue weighted by Gasteiger charge is 2.30. The molecule has 3 aromatic rings. The third-order valence-electron chi connectivity index (χ3n) is 7.03. The van der Waals surface area contributed by atoms with Crippen molar-refractivity contribution in [3.8, 4) is 5.75 Å². The number of hydrogen-bond acceptors (Lipinski definition) is 9. The summed E-state index contributed by atoms with van der Waals surface area (Å²) in [4.78, 5) is 51.5. The first kappa shape index (κ1) is 26.4. The first-order valence-electron chi connectivity index (χ1n) is 12.7. The van der Waals surface area contributed by atoms with Gasteiger partial charge in [0, 0.05) is 68.9 Å². The zero-order valence-corrected chi connectivity index (χ0v) is 22.3. The third-order valence-corrected chi connectivity index (χ3v) is 8.04. The van der Waals surface area contributed by atoms with Gasteiger partial charge in [-0.3, -0.25) is 14.9 Å². The van der Waals surface area contributed by atoms with Crippen molar-refractivity contribution in [1.29, 1.82) is 0 Å². The maximum atomic E-state index is 13.1. The molecule has 0 atom stereocenters. The average Bonchev–Trinajstić information content (AvgIpc) is 3.48. The molecular weight excluding hydrogens is 522 g/mol. The lowest BCUT2D eigenvalue weighted by molar-refractivity contribution is -0.384. The van der Waals surface area contributed by atoms with Gasteiger partial charge in [0.1, 0.15) is 17.3 Å². The molecule has 0 saturated carbocycles. The SMILES string of the molecule is COc1ccc([N+](=O)[O-])cc1NC(=O)c1csc(C2CCN(C(=O)N3CCN(c4ccccn4)CC3)CC2)n1. The van der Waals surface area contributed by atoms with Gasteiger partial charge in [-0.05, 0) is 31.0 Å². The first-order valence-corrected chi connectivity index (χ1v) is 13.6. The molecule has 2 aromatic heterocycles. The molecule has 4 heterocycles. The molecule has 2 aliphatic heterocycles. The molecule has 3 amide bonds. The van der Waals surface area contributed by atoms with Crippen LogP contribution in [0.15, 0.2) is 48.0 Å². The summed E-state index contributed by atoms with van der Waals surface area (Å²) in [7, 11) is 1.43. The Morgan fingerprint density at radius 3 is 2.49 bits per heavy atom. The van der Waals surface area contributed by atoms with Crippen molar-refractivity contribution >= 4 is 40.5 Å². The zero-order valence-electron chi connectivity index (χ0n) is 21.5. The van der Waals surface area contributed by atoms with Crippen LogP contribution in [0.1, 0.15) is 34.3 Å². The largest absolute Gasteiger partial charge is 0.495 e. The van der Waals surface area contributed by atoms with Crippen molar-refractivity contribution in [2.75, 3.05) is 56.6 Å². The molecule has 13 heteroatoms. The van der Waals surface area contributed by atoms with E-state index in [-0.39, 0.29) is 29.0 Å². The number of thiazole rings is 1. The highest BCUT2D eigenvalue weighted by molar-refractivity contribution is 7.10. The van der Waals surface area contributed by atoms with Gasteiger partial charge in [0.05, 0.1) is 22.7 Å². The van der Waals surface area contributed by atoms with E-state index in [1.54, 1.807) is 11.6 Å². The van der Waals surface area contributed by atoms with Gasteiger partial charge in [0.15, 0.2) is 0 Å². The van der Waals surface area contributed by atoms with Gasteiger partial charge in [-0.25, -0.2) is 14.8 Å². The number of aromatic nitrogens is 2. The number of carbonyl (C=O) groups excluding carboxylic acids is 2. The summed E-state index contributed by atoms with van der Waals surface area (Å²) in [6, 6.07) is 9.93. The number of carbonyl (C=O) groups is 2. The number of likely N-dealkylation sites (tertiary alicyclic amines) is 1. The molecule has 0 unspecified atom stereocenters. The van der Waals surface area contributed by atoms with Gasteiger partial charge in [-0.15, -0.1) is 11.3 Å². The molecule has 1 N–H and O–H groups in total. The summed E-state index contributed by atoms with van der Waals surface area (Å²) < 4.78 is 5.22. The highest BCUT2D eigenvalue weighted by Crippen LogP contribution is 2.32. The van der Waals surface area contributed by atoms with Crippen LogP contribution in [0.4, 0.5) is 22.0 Å². The average molecular weight is 552 g/mol. The third kappa shape index (κ3) is 5.93. The smallest absolute Gasteiger partial charge is 0.320 e. The van der Waals surface area contributed by atoms with Crippen molar-refractivity contribution in [2.24, 2.45) is 0 Å². The van der Waals surface area contributed by atoms with Crippen molar-refractivity contribution in [3.63, 3.8) is 0 Å². The number of nitrogens with zero attached hydrogens (tertiary/aromatic N) is 6. The van der Waals surface area contributed by atoms with Crippen LogP contribution in [0.2, 0.25) is 0 Å². The number of hydrogen-bond donors (Lipinski definition) is 1. The van der Waals surface area contributed by atoms with E-state index < -0.39 is 10.8 Å². The molecule has 2 saturated heterocycles. The van der Waals surface area contributed by atoms with Crippen LogP contribution in [0.25, 0.3) is 0 Å². The van der Waals surface area contributed by atoms with Gasteiger partial charge in [-0.2, -0.15) is 0 Å². The second kappa shape index (κ2) is 11.6. The van der Waals surface area contributed by atoms with Crippen LogP contribution >= 0.6 is 11.3 Å². The van der Waals surface area contributed by atoms with Gasteiger partial charge < -0.3 is 24.8 Å². The minimum Gasteiger partial charge on any atom is -0.495 e. The number of nitro groups is 1. The van der Waals surface area contributed by atoms with Crippen LogP contribution in [-0.4, -0.2) is 83.0 Å². The Morgan fingerprint density at radius 2 is 1.82 bits per heavy atom. The number of non-ortho nitro benzene ring substituents is 1. The molecule has 12 nitrogen and oxygen atoms in total. The van der Waals surface area contributed by atoms with Gasteiger partial charge in [-0.1, -0.05) is 6.07 Å². The number of benzene rings is 1. The van der Waals surface area contributed by atoms with Gasteiger partial charge in [0.2, 0.25) is 0 Å². The van der Waals surface area contributed by atoms with Gasteiger partial charge >= 0.3 is 6.03 Å². The van der Waals surface area contributed by atoms with E-state index >= 15 is 0 Å². The summed E-state index contributed by atoms with van der Waals surface area (Å²) in [5, 5.41) is 16.3. The number of methoxy groups -OCH3 is 1. The number of piperidine rings is 1. The molecule has 204 valence electrons. The maximum absolute atomic E-state index is 13.1. The Labute approximate surface area is 229 Å². The monoisotopic (exact) mass is 551 g/mol. The zero-order chi connectivity index (χ0) is 27.4. The van der Waals surface area contributed by atoms with Crippen molar-refractivity contribution < 1.29 is 19.2 Å². The lowest BCUT2D eigenvalue weighted by Gasteiger charge is -2.39. The van der Waals surface area contributed by atoms with E-state index in [4.69, 9.17) is 4.74 Å². The number of pyridine rings is 1. The Hall–Kier alpha value is -4.26. The summed E-state index contributed by atoms with van der Waals surface area (Å²) >= 11 is 1.41. The Kier molecular flexibility index (Phi) is 7.87. The van der Waals surface area contributed by atoms with Crippen LogP contribution in [0.5, 0.6) is 5.75 Å². The quantitative estimate of drug-likeness (QED) is 0.361. The molecule has 39 heavy (non-hydrogen) atoms. The standard InChI is InChI=1S/C26H29N7O5S/c1-38-22-6-5-19(33(36)37)16-20(22)28-24(34)21-17-39-25(29-21)18-7-10-31(11-8-18)26(35)32-14-12-30(13-15-32)23-4-2-3-9-27-23/h2-6,9,16-18H,7-8,10-15H2,1H3,(H,28,34). The topological polar surface area (TPSA) is 134 Å². The van der Waals surface area contributed by atoms with Crippen molar-refractivity contribution in [1.82, 2.24) is 19.8 Å². The van der Waals surface area contributed by atoms with Crippen LogP contribution in [-0.2, 0) is 0 Å². The number of nitrogens with one attached hydrogen (secondary N) is 1. The molecule has 5 rings (SSSR count). The van der Waals surface area contributed by atoms with Crippen LogP contribution < -0.4 is 15.0 Å². The molecule has 2 aliphatic rings. The van der Waals surface area contributed by atoms with Crippen molar-refractivity contribution in [2.45, 2.75) is 18.8 Å². The molecule has 0 bridgehead atoms. The molecule has 2 fully saturated rings. The Morgan fingerprint density at radius 1 is 1.08 bits per heavy atom. The Bertz CT molecular complexity index is 1340. The van der Waals surface area contributed by atoms with Gasteiger partial charge in [0.25, 0.3) is 11.6 Å². The van der Waals surface area contributed by atoms with E-state index in [2.05, 4.69) is 20.2 Å². The number of ether oxygens (including phenoxy) is 1. The second-order valence-corrected chi connectivity index (χ2v) is 10.3. The number of urea groups is 1. The normalized spacial score (nSPS) is 16.2. The number of rotatable bonds is 6. The predicted octanol–water partition coefficient (Wildman–Crippen LogP) is 3.83. The molecule has 0 aliphatic carbocycles. The maximum Gasteiger partial charge on any atom is 0.320 e. The van der Waals surface area contributed by atoms with E-state index in [0.29, 0.717) is 31.9 Å². The highest BCUT2D eigenvalue weighted by atomic mass is 32.1. The summed E-state index contributed by atoms with van der Waals surface area (Å²) in [6.45, 7) is 4.11. The summed E-state index contributed by atoms with van der Waals surface area (Å²) in [5.41, 5.74) is 0.299. The number of anilines is 2. The van der Waals surface area contributed by atoms with E-state index in [9.17, 15) is 19.7 Å². The van der Waals surface area contributed by atoms with Crippen LogP contribution in [0, 0.1) is 10.1 Å². The second-order valence-electron chi connectivity index (χ2n) is 9.37. The molecule has 1 aromatic carbocycles. The minimum absolute atomic E-state index is 0.0687.